The van der Waals surface area contributed by atoms with Crippen molar-refractivity contribution in [3.05, 3.63) is 65.2 Å². The zero-order chi connectivity index (χ0) is 22.0. The summed E-state index contributed by atoms with van der Waals surface area (Å²) in [6.45, 7) is -0.469. The summed E-state index contributed by atoms with van der Waals surface area (Å²) in [5.74, 6) is -1.28. The maximum atomic E-state index is 13.1. The second kappa shape index (κ2) is 8.10. The van der Waals surface area contributed by atoms with E-state index >= 15 is 0 Å². The van der Waals surface area contributed by atoms with E-state index in [1.165, 1.54) is 7.05 Å². The van der Waals surface area contributed by atoms with Crippen molar-refractivity contribution < 1.29 is 28.7 Å². The second-order valence-corrected chi connectivity index (χ2v) is 7.31. The van der Waals surface area contributed by atoms with Crippen molar-refractivity contribution in [2.45, 2.75) is 25.0 Å². The van der Waals surface area contributed by atoms with E-state index in [1.54, 1.807) is 30.3 Å². The third-order valence-corrected chi connectivity index (χ3v) is 5.37. The molecular formula is C22H21N3O6. The monoisotopic (exact) mass is 423 g/mol. The fourth-order valence-electron chi connectivity index (χ4n) is 3.84. The molecule has 9 nitrogen and oxygen atoms in total. The molecule has 0 aromatic heterocycles. The lowest BCUT2D eigenvalue weighted by atomic mass is 9.94. The maximum Gasteiger partial charge on any atom is 0.418 e. The normalized spacial score (nSPS) is 19.2. The lowest BCUT2D eigenvalue weighted by Crippen LogP contribution is -2.40. The van der Waals surface area contributed by atoms with Crippen LogP contribution in [0.15, 0.2) is 48.5 Å². The topological polar surface area (TPSA) is 114 Å². The quantitative estimate of drug-likeness (QED) is 0.714. The molecule has 4 amide bonds. The second-order valence-electron chi connectivity index (χ2n) is 7.31. The number of carbonyl (C=O) groups is 4. The number of hydrogen-bond acceptors (Lipinski definition) is 6. The van der Waals surface area contributed by atoms with Gasteiger partial charge < -0.3 is 20.1 Å². The number of nitrogens with zero attached hydrogens (tertiary/aromatic N) is 1. The van der Waals surface area contributed by atoms with E-state index in [2.05, 4.69) is 10.6 Å². The summed E-state index contributed by atoms with van der Waals surface area (Å²) >= 11 is 0. The zero-order valence-electron chi connectivity index (χ0n) is 16.8. The van der Waals surface area contributed by atoms with E-state index < -0.39 is 30.1 Å². The van der Waals surface area contributed by atoms with Crippen molar-refractivity contribution >= 4 is 29.7 Å². The van der Waals surface area contributed by atoms with Gasteiger partial charge >= 0.3 is 18.1 Å². The van der Waals surface area contributed by atoms with Crippen molar-refractivity contribution in [2.24, 2.45) is 0 Å². The summed E-state index contributed by atoms with van der Waals surface area (Å²) in [5, 5.41) is 5.13. The third-order valence-electron chi connectivity index (χ3n) is 5.37. The van der Waals surface area contributed by atoms with Gasteiger partial charge in [0.25, 0.3) is 5.91 Å². The van der Waals surface area contributed by atoms with Crippen LogP contribution in [0.5, 0.6) is 0 Å². The highest BCUT2D eigenvalue weighted by Crippen LogP contribution is 2.45. The predicted molar refractivity (Wildman–Crippen MR) is 109 cm³/mol. The standard InChI is InChI=1S/C22H21N3O6/c1-23-20(28)24-16-7-8-17-15(11-16)9-10-22(17)19(27)25(21(29)31-22)12-18(26)30-13-14-5-3-2-4-6-14/h2-8,11H,9-10,12-13H2,1H3,(H2,23,24,28)/t22-/m0/s1. The summed E-state index contributed by atoms with van der Waals surface area (Å²) in [6, 6.07) is 13.8. The molecule has 0 saturated carbocycles. The van der Waals surface area contributed by atoms with Crippen molar-refractivity contribution in [1.29, 1.82) is 0 Å². The van der Waals surface area contributed by atoms with E-state index in [1.807, 2.05) is 18.2 Å². The van der Waals surface area contributed by atoms with Gasteiger partial charge in [-0.1, -0.05) is 36.4 Å². The first-order valence-electron chi connectivity index (χ1n) is 9.79. The Morgan fingerprint density at radius 1 is 1.16 bits per heavy atom. The molecule has 1 spiro atoms. The number of carbonyl (C=O) groups excluding carboxylic acids is 4. The number of urea groups is 1. The van der Waals surface area contributed by atoms with Gasteiger partial charge in [0.2, 0.25) is 5.60 Å². The number of aryl methyl sites for hydroxylation is 1. The van der Waals surface area contributed by atoms with Crippen LogP contribution in [0.2, 0.25) is 0 Å². The van der Waals surface area contributed by atoms with Crippen molar-refractivity contribution in [3.8, 4) is 0 Å². The number of anilines is 1. The highest BCUT2D eigenvalue weighted by atomic mass is 16.6. The van der Waals surface area contributed by atoms with Gasteiger partial charge in [-0.3, -0.25) is 9.59 Å². The molecule has 0 bridgehead atoms. The molecule has 2 aromatic carbocycles. The van der Waals surface area contributed by atoms with Crippen molar-refractivity contribution in [3.63, 3.8) is 0 Å². The molecule has 2 aromatic rings. The van der Waals surface area contributed by atoms with Crippen LogP contribution in [-0.2, 0) is 37.7 Å². The Labute approximate surface area is 178 Å². The summed E-state index contributed by atoms with van der Waals surface area (Å²) in [6.07, 6.45) is -0.113. The van der Waals surface area contributed by atoms with Crippen LogP contribution >= 0.6 is 0 Å². The Bertz CT molecular complexity index is 1050. The van der Waals surface area contributed by atoms with Gasteiger partial charge in [0, 0.05) is 24.7 Å². The average Bonchev–Trinajstić information content (AvgIpc) is 3.25. The van der Waals surface area contributed by atoms with Gasteiger partial charge in [-0.15, -0.1) is 0 Å². The first kappa shape index (κ1) is 20.4. The molecule has 9 heteroatoms. The van der Waals surface area contributed by atoms with Crippen LogP contribution < -0.4 is 10.6 Å². The van der Waals surface area contributed by atoms with Crippen molar-refractivity contribution in [1.82, 2.24) is 10.2 Å². The van der Waals surface area contributed by atoms with E-state index in [9.17, 15) is 19.2 Å². The number of hydrogen-bond donors (Lipinski definition) is 2. The molecule has 1 saturated heterocycles. The first-order chi connectivity index (χ1) is 14.9. The summed E-state index contributed by atoms with van der Waals surface area (Å²) in [5.41, 5.74) is 1.27. The van der Waals surface area contributed by atoms with Crippen molar-refractivity contribution in [2.75, 3.05) is 18.9 Å². The lowest BCUT2D eigenvalue weighted by molar-refractivity contribution is -0.149. The van der Waals surface area contributed by atoms with Crippen LogP contribution in [-0.4, -0.2) is 42.5 Å². The fraction of sp³-hybridized carbons (Fsp3) is 0.273. The number of ether oxygens (including phenoxy) is 2. The first-order valence-corrected chi connectivity index (χ1v) is 9.79. The Hall–Kier alpha value is -3.88. The highest BCUT2D eigenvalue weighted by molar-refractivity contribution is 6.06. The van der Waals surface area contributed by atoms with E-state index in [4.69, 9.17) is 9.47 Å². The molecule has 1 heterocycles. The summed E-state index contributed by atoms with van der Waals surface area (Å²) in [7, 11) is 1.51. The van der Waals surface area contributed by atoms with E-state index in [0.29, 0.717) is 17.7 Å². The van der Waals surface area contributed by atoms with Crippen LogP contribution in [0.4, 0.5) is 15.3 Å². The van der Waals surface area contributed by atoms with Gasteiger partial charge in [-0.2, -0.15) is 0 Å². The molecule has 2 N–H and O–H groups in total. The number of benzene rings is 2. The summed E-state index contributed by atoms with van der Waals surface area (Å²) < 4.78 is 10.7. The number of esters is 1. The van der Waals surface area contributed by atoms with Crippen LogP contribution in [0, 0.1) is 0 Å². The Kier molecular flexibility index (Phi) is 5.33. The molecule has 4 rings (SSSR count). The Morgan fingerprint density at radius 3 is 2.68 bits per heavy atom. The molecule has 1 aliphatic carbocycles. The number of nitrogens with one attached hydrogen (secondary N) is 2. The van der Waals surface area contributed by atoms with Gasteiger partial charge in [0.05, 0.1) is 0 Å². The number of imide groups is 1. The molecule has 1 atom stereocenters. The molecule has 2 aliphatic rings. The van der Waals surface area contributed by atoms with E-state index in [-0.39, 0.29) is 19.1 Å². The molecule has 0 radical (unpaired) electrons. The fourth-order valence-corrected chi connectivity index (χ4v) is 3.84. The minimum absolute atomic E-state index is 0.0475. The lowest BCUT2D eigenvalue weighted by Gasteiger charge is -2.20. The zero-order valence-corrected chi connectivity index (χ0v) is 16.8. The average molecular weight is 423 g/mol. The smallest absolute Gasteiger partial charge is 0.418 e. The molecular weight excluding hydrogens is 402 g/mol. The molecule has 31 heavy (non-hydrogen) atoms. The van der Waals surface area contributed by atoms with Crippen LogP contribution in [0.1, 0.15) is 23.1 Å². The predicted octanol–water partition coefficient (Wildman–Crippen LogP) is 2.30. The molecule has 1 aliphatic heterocycles. The number of rotatable bonds is 5. The van der Waals surface area contributed by atoms with Gasteiger partial charge in [-0.05, 0) is 29.7 Å². The molecule has 1 fully saturated rings. The maximum absolute atomic E-state index is 13.1. The number of amides is 4. The van der Waals surface area contributed by atoms with Crippen LogP contribution in [0.25, 0.3) is 0 Å². The Morgan fingerprint density at radius 2 is 1.94 bits per heavy atom. The highest BCUT2D eigenvalue weighted by Gasteiger charge is 2.58. The molecule has 160 valence electrons. The Balaban J connectivity index is 1.46. The molecule has 0 unspecified atom stereocenters. The van der Waals surface area contributed by atoms with E-state index in [0.717, 1.165) is 16.0 Å². The van der Waals surface area contributed by atoms with Gasteiger partial charge in [-0.25, -0.2) is 14.5 Å². The SMILES string of the molecule is CNC(=O)Nc1ccc2c(c1)CC[C@]21OC(=O)N(CC(=O)OCc2ccccc2)C1=O. The van der Waals surface area contributed by atoms with Crippen LogP contribution in [0.3, 0.4) is 0 Å². The minimum Gasteiger partial charge on any atom is -0.459 e. The minimum atomic E-state index is -1.45. The largest absolute Gasteiger partial charge is 0.459 e. The number of fused-ring (bicyclic) bond motifs is 2. The van der Waals surface area contributed by atoms with Gasteiger partial charge in [0.15, 0.2) is 0 Å². The van der Waals surface area contributed by atoms with Gasteiger partial charge in [0.1, 0.15) is 13.2 Å². The third kappa shape index (κ3) is 3.81. The summed E-state index contributed by atoms with van der Waals surface area (Å²) in [4.78, 5) is 50.1.